The number of ether oxygens (including phenoxy) is 1. The van der Waals surface area contributed by atoms with Crippen LogP contribution in [-0.2, 0) is 12.5 Å². The summed E-state index contributed by atoms with van der Waals surface area (Å²) >= 11 is 0. The molecule has 0 spiro atoms. The summed E-state index contributed by atoms with van der Waals surface area (Å²) in [6.45, 7) is 2.87. The van der Waals surface area contributed by atoms with Gasteiger partial charge in [-0.15, -0.1) is 0 Å². The van der Waals surface area contributed by atoms with Crippen LogP contribution in [0.25, 0.3) is 22.3 Å². The van der Waals surface area contributed by atoms with Crippen LogP contribution in [-0.4, -0.2) is 0 Å². The number of rotatable bonds is 7. The summed E-state index contributed by atoms with van der Waals surface area (Å²) in [5.74, 6) is -11.1. The first kappa shape index (κ1) is 27.2. The molecule has 0 aliphatic heterocycles. The highest BCUT2D eigenvalue weighted by atomic mass is 19.3. The Hall–Kier alpha value is -3.88. The van der Waals surface area contributed by atoms with Gasteiger partial charge in [0.1, 0.15) is 28.8 Å². The molecule has 4 aromatic rings. The summed E-state index contributed by atoms with van der Waals surface area (Å²) in [5.41, 5.74) is -0.978. The van der Waals surface area contributed by atoms with Crippen molar-refractivity contribution in [2.45, 2.75) is 32.8 Å². The second-order valence-corrected chi connectivity index (χ2v) is 8.68. The van der Waals surface area contributed by atoms with Crippen molar-refractivity contribution in [2.75, 3.05) is 0 Å². The van der Waals surface area contributed by atoms with Gasteiger partial charge in [0.15, 0.2) is 17.5 Å². The fraction of sp³-hybridized carbons (Fsp3) is 0.172. The molecule has 0 aromatic heterocycles. The highest BCUT2D eigenvalue weighted by Crippen LogP contribution is 2.39. The van der Waals surface area contributed by atoms with E-state index in [2.05, 4.69) is 4.74 Å². The van der Waals surface area contributed by atoms with Gasteiger partial charge < -0.3 is 4.74 Å². The van der Waals surface area contributed by atoms with E-state index in [1.54, 1.807) is 0 Å². The molecule has 1 nitrogen and oxygen atoms in total. The van der Waals surface area contributed by atoms with Gasteiger partial charge in [-0.2, -0.15) is 8.78 Å². The molecule has 0 saturated carbocycles. The molecule has 0 heterocycles. The van der Waals surface area contributed by atoms with Gasteiger partial charge in [0, 0.05) is 17.2 Å². The first-order chi connectivity index (χ1) is 17.9. The quantitative estimate of drug-likeness (QED) is 0.169. The molecule has 0 bridgehead atoms. The van der Waals surface area contributed by atoms with Crippen molar-refractivity contribution in [2.24, 2.45) is 0 Å². The van der Waals surface area contributed by atoms with E-state index in [0.29, 0.717) is 23.3 Å². The molecular formula is C29H20F8O. The average molecular weight is 536 g/mol. The van der Waals surface area contributed by atoms with Crippen molar-refractivity contribution in [1.82, 2.24) is 0 Å². The Morgan fingerprint density at radius 3 is 1.82 bits per heavy atom. The van der Waals surface area contributed by atoms with Gasteiger partial charge >= 0.3 is 6.11 Å². The maximum Gasteiger partial charge on any atom is 0.432 e. The number of benzene rings is 4. The zero-order valence-corrected chi connectivity index (χ0v) is 20.1. The highest BCUT2D eigenvalue weighted by Gasteiger charge is 2.42. The molecule has 0 saturated heterocycles. The van der Waals surface area contributed by atoms with E-state index >= 15 is 0 Å². The van der Waals surface area contributed by atoms with Crippen molar-refractivity contribution in [3.05, 3.63) is 112 Å². The molecule has 0 aliphatic rings. The molecule has 0 unspecified atom stereocenters. The van der Waals surface area contributed by atoms with E-state index < -0.39 is 57.9 Å². The van der Waals surface area contributed by atoms with Crippen molar-refractivity contribution in [3.63, 3.8) is 0 Å². The summed E-state index contributed by atoms with van der Waals surface area (Å²) in [6, 6.07) is 12.5. The first-order valence-corrected chi connectivity index (χ1v) is 11.5. The van der Waals surface area contributed by atoms with Crippen molar-refractivity contribution in [3.8, 4) is 28.0 Å². The second kappa shape index (κ2) is 10.5. The Labute approximate surface area is 213 Å². The minimum absolute atomic E-state index is 0.139. The van der Waals surface area contributed by atoms with Crippen LogP contribution in [0.2, 0.25) is 0 Å². The Balaban J connectivity index is 1.66. The number of halogens is 8. The number of hydrogen-bond donors (Lipinski definition) is 0. The topological polar surface area (TPSA) is 9.23 Å². The summed E-state index contributed by atoms with van der Waals surface area (Å²) < 4.78 is 119. The van der Waals surface area contributed by atoms with E-state index in [-0.39, 0.29) is 17.2 Å². The fourth-order valence-corrected chi connectivity index (χ4v) is 4.05. The standard InChI is InChI=1S/C29H20F8O/c1-3-4-16-5-7-17(8-6-16)18-9-10-20(21(30)11-18)19-12-22(31)26(23(32)13-19)29(36,37)38-25-14-24(33)28(35)27(34)15(25)2/h5-14H,3-4H2,1-2H3. The number of alkyl halides is 2. The van der Waals surface area contributed by atoms with E-state index in [1.807, 2.05) is 31.2 Å². The lowest BCUT2D eigenvalue weighted by molar-refractivity contribution is -0.190. The lowest BCUT2D eigenvalue weighted by Crippen LogP contribution is -2.26. The maximum atomic E-state index is 14.9. The summed E-state index contributed by atoms with van der Waals surface area (Å²) in [4.78, 5) is 0. The lowest BCUT2D eigenvalue weighted by Gasteiger charge is -2.21. The molecular weight excluding hydrogens is 516 g/mol. The van der Waals surface area contributed by atoms with Gasteiger partial charge in [-0.05, 0) is 53.8 Å². The van der Waals surface area contributed by atoms with Crippen molar-refractivity contribution < 1.29 is 39.9 Å². The normalized spacial score (nSPS) is 11.6. The zero-order valence-electron chi connectivity index (χ0n) is 20.1. The predicted molar refractivity (Wildman–Crippen MR) is 127 cm³/mol. The van der Waals surface area contributed by atoms with Gasteiger partial charge in [0.2, 0.25) is 0 Å². The predicted octanol–water partition coefficient (Wildman–Crippen LogP) is 9.24. The largest absolute Gasteiger partial charge is 0.432 e. The van der Waals surface area contributed by atoms with Crippen molar-refractivity contribution in [1.29, 1.82) is 0 Å². The van der Waals surface area contributed by atoms with Crippen LogP contribution < -0.4 is 4.74 Å². The number of hydrogen-bond acceptors (Lipinski definition) is 1. The fourth-order valence-electron chi connectivity index (χ4n) is 4.05. The Morgan fingerprint density at radius 1 is 0.658 bits per heavy atom. The van der Waals surface area contributed by atoms with E-state index in [0.717, 1.165) is 31.4 Å². The van der Waals surface area contributed by atoms with Gasteiger partial charge in [0.05, 0.1) is 0 Å². The molecule has 0 amide bonds. The third-order valence-corrected chi connectivity index (χ3v) is 6.04. The summed E-state index contributed by atoms with van der Waals surface area (Å²) in [6.07, 6.45) is -2.89. The molecule has 4 rings (SSSR count). The van der Waals surface area contributed by atoms with Crippen LogP contribution in [0.15, 0.2) is 60.7 Å². The van der Waals surface area contributed by atoms with Gasteiger partial charge in [-0.3, -0.25) is 0 Å². The SMILES string of the molecule is CCCc1ccc(-c2ccc(-c3cc(F)c(C(F)(F)Oc4cc(F)c(F)c(F)c4C)c(F)c3)c(F)c2)cc1. The molecule has 4 aromatic carbocycles. The van der Waals surface area contributed by atoms with Crippen molar-refractivity contribution >= 4 is 0 Å². The Bertz CT molecular complexity index is 1470. The molecule has 38 heavy (non-hydrogen) atoms. The monoisotopic (exact) mass is 536 g/mol. The van der Waals surface area contributed by atoms with Crippen LogP contribution in [0.5, 0.6) is 5.75 Å². The Morgan fingerprint density at radius 2 is 1.24 bits per heavy atom. The van der Waals surface area contributed by atoms with Crippen LogP contribution >= 0.6 is 0 Å². The first-order valence-electron chi connectivity index (χ1n) is 11.5. The molecule has 0 fully saturated rings. The molecule has 0 N–H and O–H groups in total. The van der Waals surface area contributed by atoms with E-state index in [9.17, 15) is 35.1 Å². The van der Waals surface area contributed by atoms with Gasteiger partial charge in [-0.1, -0.05) is 49.7 Å². The molecule has 0 aliphatic carbocycles. The highest BCUT2D eigenvalue weighted by molar-refractivity contribution is 5.71. The van der Waals surface area contributed by atoms with Crippen LogP contribution in [0.1, 0.15) is 30.0 Å². The van der Waals surface area contributed by atoms with E-state index in [1.165, 1.54) is 12.1 Å². The van der Waals surface area contributed by atoms with Crippen LogP contribution in [0.3, 0.4) is 0 Å². The van der Waals surface area contributed by atoms with Crippen LogP contribution in [0, 0.1) is 41.8 Å². The lowest BCUT2D eigenvalue weighted by atomic mass is 9.97. The molecule has 0 atom stereocenters. The Kier molecular flexibility index (Phi) is 7.49. The third kappa shape index (κ3) is 5.23. The molecule has 198 valence electrons. The molecule has 0 radical (unpaired) electrons. The zero-order chi connectivity index (χ0) is 27.8. The average Bonchev–Trinajstić information content (AvgIpc) is 2.86. The molecule has 9 heteroatoms. The third-order valence-electron chi connectivity index (χ3n) is 6.04. The van der Waals surface area contributed by atoms with E-state index in [4.69, 9.17) is 0 Å². The minimum Gasteiger partial charge on any atom is -0.428 e. The second-order valence-electron chi connectivity index (χ2n) is 8.68. The van der Waals surface area contributed by atoms with Crippen LogP contribution in [0.4, 0.5) is 35.1 Å². The smallest absolute Gasteiger partial charge is 0.428 e. The maximum absolute atomic E-state index is 14.9. The van der Waals surface area contributed by atoms with Gasteiger partial charge in [0.25, 0.3) is 0 Å². The minimum atomic E-state index is -4.75. The number of aryl methyl sites for hydroxylation is 1. The summed E-state index contributed by atoms with van der Waals surface area (Å²) in [5, 5.41) is 0. The van der Waals surface area contributed by atoms with Gasteiger partial charge in [-0.25, -0.2) is 26.3 Å². The summed E-state index contributed by atoms with van der Waals surface area (Å²) in [7, 11) is 0.